The Kier molecular flexibility index (Phi) is 3.71. The van der Waals surface area contributed by atoms with Crippen molar-refractivity contribution in [2.75, 3.05) is 0 Å². The number of aromatic hydroxyl groups is 2. The maximum atomic E-state index is 15.3. The highest BCUT2D eigenvalue weighted by Gasteiger charge is 2.21. The van der Waals surface area contributed by atoms with Gasteiger partial charge in [0.05, 0.1) is 0 Å². The van der Waals surface area contributed by atoms with Crippen LogP contribution in [0.4, 0.5) is 4.39 Å². The molecule has 2 N–H and O–H groups in total. The molecule has 6 aromatic rings. The first-order chi connectivity index (χ1) is 15.0. The van der Waals surface area contributed by atoms with E-state index in [1.165, 1.54) is 6.07 Å². The van der Waals surface area contributed by atoms with Gasteiger partial charge >= 0.3 is 0 Å². The van der Waals surface area contributed by atoms with Gasteiger partial charge in [0.25, 0.3) is 0 Å². The Morgan fingerprint density at radius 1 is 0.710 bits per heavy atom. The lowest BCUT2D eigenvalue weighted by atomic mass is 9.97. The van der Waals surface area contributed by atoms with Gasteiger partial charge in [0.15, 0.2) is 11.4 Å². The molecule has 0 aliphatic rings. The van der Waals surface area contributed by atoms with Crippen molar-refractivity contribution >= 4 is 55.1 Å². The lowest BCUT2D eigenvalue weighted by Crippen LogP contribution is -1.88. The number of phenolic OH excluding ortho intramolecular Hbond substituents is 2. The number of halogens is 2. The molecule has 150 valence electrons. The molecule has 1 heterocycles. The van der Waals surface area contributed by atoms with Crippen molar-refractivity contribution in [1.29, 1.82) is 0 Å². The van der Waals surface area contributed by atoms with Crippen LogP contribution >= 0.6 is 11.6 Å². The predicted molar refractivity (Wildman–Crippen MR) is 122 cm³/mol. The minimum Gasteiger partial charge on any atom is -0.508 e. The van der Waals surface area contributed by atoms with Gasteiger partial charge in [0.1, 0.15) is 22.1 Å². The van der Waals surface area contributed by atoms with E-state index in [0.717, 1.165) is 21.5 Å². The van der Waals surface area contributed by atoms with E-state index in [4.69, 9.17) is 16.0 Å². The van der Waals surface area contributed by atoms with Crippen LogP contribution in [-0.4, -0.2) is 10.2 Å². The third kappa shape index (κ3) is 2.65. The van der Waals surface area contributed by atoms with E-state index in [9.17, 15) is 10.2 Å². The van der Waals surface area contributed by atoms with E-state index in [1.807, 2.05) is 36.4 Å². The summed E-state index contributed by atoms with van der Waals surface area (Å²) in [5.74, 6) is -0.663. The summed E-state index contributed by atoms with van der Waals surface area (Å²) in [5, 5.41) is 25.2. The van der Waals surface area contributed by atoms with E-state index in [0.29, 0.717) is 16.4 Å². The summed E-state index contributed by atoms with van der Waals surface area (Å²) in [7, 11) is 0. The number of benzene rings is 5. The van der Waals surface area contributed by atoms with E-state index in [2.05, 4.69) is 0 Å². The summed E-state index contributed by atoms with van der Waals surface area (Å²) in [6.07, 6.45) is 0. The monoisotopic (exact) mass is 428 g/mol. The Bertz CT molecular complexity index is 1680. The second-order valence-corrected chi connectivity index (χ2v) is 8.01. The van der Waals surface area contributed by atoms with Crippen molar-refractivity contribution in [3.8, 4) is 22.6 Å². The predicted octanol–water partition coefficient (Wildman–Crippen LogP) is 7.76. The third-order valence-corrected chi connectivity index (χ3v) is 6.08. The molecule has 0 saturated carbocycles. The topological polar surface area (TPSA) is 53.6 Å². The zero-order valence-electron chi connectivity index (χ0n) is 16.0. The van der Waals surface area contributed by atoms with Gasteiger partial charge in [-0.1, -0.05) is 41.9 Å². The largest absolute Gasteiger partial charge is 0.508 e. The second kappa shape index (κ2) is 6.37. The van der Waals surface area contributed by atoms with Gasteiger partial charge in [-0.15, -0.1) is 0 Å². The van der Waals surface area contributed by atoms with Gasteiger partial charge in [-0.3, -0.25) is 0 Å². The molecule has 0 amide bonds. The van der Waals surface area contributed by atoms with Crippen LogP contribution in [0.1, 0.15) is 0 Å². The average Bonchev–Trinajstić information content (AvgIpc) is 3.12. The smallest absolute Gasteiger partial charge is 0.157 e. The molecule has 0 saturated heterocycles. The maximum Gasteiger partial charge on any atom is 0.157 e. The van der Waals surface area contributed by atoms with Crippen molar-refractivity contribution in [2.45, 2.75) is 0 Å². The molecule has 0 radical (unpaired) electrons. The van der Waals surface area contributed by atoms with Crippen molar-refractivity contribution < 1.29 is 19.0 Å². The molecule has 0 fully saturated rings. The fourth-order valence-corrected chi connectivity index (χ4v) is 4.46. The molecule has 5 heteroatoms. The average molecular weight is 429 g/mol. The first-order valence-corrected chi connectivity index (χ1v) is 10.1. The summed E-state index contributed by atoms with van der Waals surface area (Å²) in [4.78, 5) is 0. The van der Waals surface area contributed by atoms with Crippen molar-refractivity contribution in [3.63, 3.8) is 0 Å². The van der Waals surface area contributed by atoms with Gasteiger partial charge in [0, 0.05) is 21.9 Å². The van der Waals surface area contributed by atoms with Gasteiger partial charge in [-0.25, -0.2) is 4.39 Å². The van der Waals surface area contributed by atoms with Crippen LogP contribution in [0.25, 0.3) is 54.6 Å². The number of hydrogen-bond donors (Lipinski definition) is 2. The molecule has 5 aromatic carbocycles. The highest BCUT2D eigenvalue weighted by atomic mass is 35.5. The van der Waals surface area contributed by atoms with Gasteiger partial charge < -0.3 is 14.6 Å². The fourth-order valence-electron chi connectivity index (χ4n) is 4.22. The van der Waals surface area contributed by atoms with Crippen LogP contribution in [0.2, 0.25) is 5.02 Å². The Hall–Kier alpha value is -3.76. The number of rotatable bonds is 1. The molecule has 0 aliphatic heterocycles. The second-order valence-electron chi connectivity index (χ2n) is 7.63. The summed E-state index contributed by atoms with van der Waals surface area (Å²) < 4.78 is 21.2. The lowest BCUT2D eigenvalue weighted by Gasteiger charge is -2.10. The van der Waals surface area contributed by atoms with Gasteiger partial charge in [0.2, 0.25) is 0 Å². The zero-order chi connectivity index (χ0) is 21.3. The molecule has 0 atom stereocenters. The Labute approximate surface area is 180 Å². The van der Waals surface area contributed by atoms with Crippen molar-refractivity contribution in [3.05, 3.63) is 83.6 Å². The van der Waals surface area contributed by atoms with Crippen LogP contribution in [-0.2, 0) is 0 Å². The molecule has 3 nitrogen and oxygen atoms in total. The molecule has 0 aliphatic carbocycles. The number of fused-ring (bicyclic) bond motifs is 5. The summed E-state index contributed by atoms with van der Waals surface area (Å²) in [5.41, 5.74) is 1.33. The van der Waals surface area contributed by atoms with E-state index >= 15 is 4.39 Å². The number of furan rings is 1. The maximum absolute atomic E-state index is 15.3. The SMILES string of the molecule is Oc1ccc2cc(O)c(-c3cc4c(oc5cc6ccccc6cc54)c(Cl)c3F)cc2c1. The molecule has 0 unspecified atom stereocenters. The van der Waals surface area contributed by atoms with Crippen LogP contribution in [0, 0.1) is 5.82 Å². The van der Waals surface area contributed by atoms with Crippen LogP contribution in [0.3, 0.4) is 0 Å². The molecule has 0 bridgehead atoms. The van der Waals surface area contributed by atoms with Crippen LogP contribution < -0.4 is 0 Å². The molecule has 6 rings (SSSR count). The van der Waals surface area contributed by atoms with Crippen LogP contribution in [0.5, 0.6) is 11.5 Å². The van der Waals surface area contributed by atoms with Gasteiger partial charge in [-0.2, -0.15) is 0 Å². The van der Waals surface area contributed by atoms with Crippen LogP contribution in [0.15, 0.2) is 77.2 Å². The Morgan fingerprint density at radius 2 is 1.45 bits per heavy atom. The van der Waals surface area contributed by atoms with E-state index < -0.39 is 5.82 Å². The van der Waals surface area contributed by atoms with Gasteiger partial charge in [-0.05, 0) is 64.0 Å². The normalized spacial score (nSPS) is 11.8. The molecule has 0 spiro atoms. The minimum absolute atomic E-state index is 0.0780. The highest BCUT2D eigenvalue weighted by Crippen LogP contribution is 2.43. The first kappa shape index (κ1) is 18.0. The molecule has 1 aromatic heterocycles. The summed E-state index contributed by atoms with van der Waals surface area (Å²) >= 11 is 6.39. The van der Waals surface area contributed by atoms with Crippen molar-refractivity contribution in [2.24, 2.45) is 0 Å². The fraction of sp³-hybridized carbons (Fsp3) is 0. The summed E-state index contributed by atoms with van der Waals surface area (Å²) in [6, 6.07) is 21.4. The Balaban J connectivity index is 1.69. The van der Waals surface area contributed by atoms with E-state index in [-0.39, 0.29) is 33.2 Å². The van der Waals surface area contributed by atoms with E-state index in [1.54, 1.807) is 30.3 Å². The lowest BCUT2D eigenvalue weighted by molar-refractivity contribution is 0.474. The number of hydrogen-bond acceptors (Lipinski definition) is 3. The van der Waals surface area contributed by atoms with Crippen molar-refractivity contribution in [1.82, 2.24) is 0 Å². The molecule has 31 heavy (non-hydrogen) atoms. The quantitative estimate of drug-likeness (QED) is 0.281. The minimum atomic E-state index is -0.674. The molecular weight excluding hydrogens is 415 g/mol. The first-order valence-electron chi connectivity index (χ1n) is 9.69. The summed E-state index contributed by atoms with van der Waals surface area (Å²) in [6.45, 7) is 0. The zero-order valence-corrected chi connectivity index (χ0v) is 16.7. The Morgan fingerprint density at radius 3 is 2.26 bits per heavy atom. The highest BCUT2D eigenvalue weighted by molar-refractivity contribution is 6.36. The third-order valence-electron chi connectivity index (χ3n) is 5.74. The number of phenols is 2. The standard InChI is InChI=1S/C26H14ClFO3/c27-24-25(28)20(18-9-16-7-17(29)6-5-15(16)10-22(18)30)12-21-19-8-13-3-1-2-4-14(13)11-23(19)31-26(21)24/h1-12,29-30H. The molecular formula is C26H14ClFO3.